The van der Waals surface area contributed by atoms with Crippen LogP contribution in [-0.2, 0) is 27.3 Å². The number of ketones is 1. The molecule has 212 valence electrons. The van der Waals surface area contributed by atoms with Crippen molar-refractivity contribution in [3.8, 4) is 6.07 Å². The maximum absolute atomic E-state index is 13.4. The predicted octanol–water partition coefficient (Wildman–Crippen LogP) is 8.80. The Morgan fingerprint density at radius 1 is 1.00 bits per heavy atom. The highest BCUT2D eigenvalue weighted by Crippen LogP contribution is 2.49. The Morgan fingerprint density at radius 2 is 1.56 bits per heavy atom. The van der Waals surface area contributed by atoms with Gasteiger partial charge in [-0.2, -0.15) is 31.6 Å². The standard InChI is InChI=1S/C29H30ClF6NO2/c1-20(21-14-23(28(31,32)33)16-24(15-21)29(34,35)36)39-19-27(22-6-3-2-4-7-22)11-9-26(18-37,10-12-27)17-25(38)8-5-13-30/h2-4,6-7,14-16,20H,5,8-13,17,19H2,1H3/t20-,26?,27?/m1/s1. The van der Waals surface area contributed by atoms with E-state index in [2.05, 4.69) is 6.07 Å². The summed E-state index contributed by atoms with van der Waals surface area (Å²) >= 11 is 5.69. The quantitative estimate of drug-likeness (QED) is 0.211. The number of carbonyl (C=O) groups excluding carboxylic acids is 1. The minimum Gasteiger partial charge on any atom is -0.373 e. The van der Waals surface area contributed by atoms with E-state index in [1.807, 2.05) is 30.3 Å². The molecule has 1 aliphatic rings. The van der Waals surface area contributed by atoms with Crippen molar-refractivity contribution in [1.29, 1.82) is 5.26 Å². The SMILES string of the molecule is C[C@@H](OCC1(c2ccccc2)CCC(C#N)(CC(=O)CCCCl)CC1)c1cc(C(F)(F)F)cc(C(F)(F)F)c1. The second-order valence-electron chi connectivity index (χ2n) is 10.3. The fourth-order valence-electron chi connectivity index (χ4n) is 5.17. The van der Waals surface area contributed by atoms with Crippen LogP contribution in [0.4, 0.5) is 26.3 Å². The van der Waals surface area contributed by atoms with Gasteiger partial charge < -0.3 is 4.74 Å². The lowest BCUT2D eigenvalue weighted by molar-refractivity contribution is -0.143. The molecule has 3 rings (SSSR count). The zero-order valence-electron chi connectivity index (χ0n) is 21.5. The zero-order valence-corrected chi connectivity index (χ0v) is 22.2. The van der Waals surface area contributed by atoms with Crippen molar-refractivity contribution >= 4 is 17.4 Å². The van der Waals surface area contributed by atoms with E-state index in [0.29, 0.717) is 56.5 Å². The third-order valence-corrected chi connectivity index (χ3v) is 7.87. The molecule has 0 unspecified atom stereocenters. The Labute approximate surface area is 229 Å². The Kier molecular flexibility index (Phi) is 9.77. The summed E-state index contributed by atoms with van der Waals surface area (Å²) in [6.45, 7) is 1.45. The van der Waals surface area contributed by atoms with Gasteiger partial charge in [0.15, 0.2) is 0 Å². The minimum absolute atomic E-state index is 0.0253. The van der Waals surface area contributed by atoms with E-state index in [9.17, 15) is 36.4 Å². The smallest absolute Gasteiger partial charge is 0.373 e. The molecule has 1 fully saturated rings. The molecule has 2 aromatic rings. The number of alkyl halides is 7. The van der Waals surface area contributed by atoms with Crippen molar-refractivity contribution in [2.45, 2.75) is 75.7 Å². The predicted molar refractivity (Wildman–Crippen MR) is 135 cm³/mol. The number of benzene rings is 2. The van der Waals surface area contributed by atoms with E-state index in [1.54, 1.807) is 0 Å². The number of rotatable bonds is 10. The molecule has 0 radical (unpaired) electrons. The van der Waals surface area contributed by atoms with Crippen LogP contribution in [0.25, 0.3) is 0 Å². The zero-order chi connectivity index (χ0) is 28.9. The first-order valence-corrected chi connectivity index (χ1v) is 13.2. The van der Waals surface area contributed by atoms with E-state index in [4.69, 9.17) is 16.3 Å². The largest absolute Gasteiger partial charge is 0.416 e. The summed E-state index contributed by atoms with van der Waals surface area (Å²) in [6, 6.07) is 13.1. The lowest BCUT2D eigenvalue weighted by Gasteiger charge is -2.44. The molecule has 0 amide bonds. The molecular weight excluding hydrogens is 544 g/mol. The molecule has 2 aromatic carbocycles. The van der Waals surface area contributed by atoms with Gasteiger partial charge in [0, 0.05) is 24.1 Å². The normalized spacial score (nSPS) is 22.7. The first-order valence-electron chi connectivity index (χ1n) is 12.7. The molecule has 0 aromatic heterocycles. The van der Waals surface area contributed by atoms with E-state index < -0.39 is 40.4 Å². The molecule has 0 heterocycles. The van der Waals surface area contributed by atoms with Crippen LogP contribution in [0.5, 0.6) is 0 Å². The van der Waals surface area contributed by atoms with Crippen molar-refractivity contribution in [3.05, 3.63) is 70.8 Å². The molecule has 1 atom stereocenters. The van der Waals surface area contributed by atoms with Crippen LogP contribution in [-0.4, -0.2) is 18.3 Å². The molecule has 0 bridgehead atoms. The Morgan fingerprint density at radius 3 is 2.05 bits per heavy atom. The summed E-state index contributed by atoms with van der Waals surface area (Å²) in [6.07, 6.45) is -8.26. The number of Topliss-reactive ketones (excluding diaryl/α,β-unsaturated/α-hetero) is 1. The third kappa shape index (κ3) is 7.76. The Balaban J connectivity index is 1.85. The van der Waals surface area contributed by atoms with Crippen LogP contribution >= 0.6 is 11.6 Å². The molecule has 1 aliphatic carbocycles. The molecule has 39 heavy (non-hydrogen) atoms. The van der Waals surface area contributed by atoms with Gasteiger partial charge in [0.2, 0.25) is 0 Å². The molecule has 10 heteroatoms. The fraction of sp³-hybridized carbons (Fsp3) is 0.517. The van der Waals surface area contributed by atoms with Gasteiger partial charge in [0.1, 0.15) is 5.78 Å². The van der Waals surface area contributed by atoms with Crippen molar-refractivity contribution in [2.24, 2.45) is 5.41 Å². The summed E-state index contributed by atoms with van der Waals surface area (Å²) in [5, 5.41) is 9.96. The van der Waals surface area contributed by atoms with E-state index >= 15 is 0 Å². The molecule has 0 aliphatic heterocycles. The monoisotopic (exact) mass is 573 g/mol. The molecule has 1 saturated carbocycles. The highest BCUT2D eigenvalue weighted by Gasteiger charge is 2.45. The second kappa shape index (κ2) is 12.3. The van der Waals surface area contributed by atoms with E-state index in [0.717, 1.165) is 5.56 Å². The van der Waals surface area contributed by atoms with Gasteiger partial charge in [-0.3, -0.25) is 4.79 Å². The molecule has 0 spiro atoms. The van der Waals surface area contributed by atoms with Gasteiger partial charge in [0.05, 0.1) is 35.3 Å². The van der Waals surface area contributed by atoms with Crippen LogP contribution in [0.2, 0.25) is 0 Å². The van der Waals surface area contributed by atoms with Gasteiger partial charge in [0.25, 0.3) is 0 Å². The van der Waals surface area contributed by atoms with Crippen LogP contribution in [0, 0.1) is 16.7 Å². The summed E-state index contributed by atoms with van der Waals surface area (Å²) in [4.78, 5) is 12.4. The average molecular weight is 574 g/mol. The molecule has 3 nitrogen and oxygen atoms in total. The minimum atomic E-state index is -4.95. The second-order valence-corrected chi connectivity index (χ2v) is 10.7. The lowest BCUT2D eigenvalue weighted by Crippen LogP contribution is -2.41. The molecule has 0 N–H and O–H groups in total. The third-order valence-electron chi connectivity index (χ3n) is 7.60. The van der Waals surface area contributed by atoms with Crippen LogP contribution in [0.3, 0.4) is 0 Å². The Bertz CT molecular complexity index is 1130. The number of carbonyl (C=O) groups is 1. The van der Waals surface area contributed by atoms with Crippen LogP contribution in [0.1, 0.15) is 80.2 Å². The van der Waals surface area contributed by atoms with Gasteiger partial charge in [-0.25, -0.2) is 0 Å². The van der Waals surface area contributed by atoms with Gasteiger partial charge >= 0.3 is 12.4 Å². The molecular formula is C29H30ClF6NO2. The first-order chi connectivity index (χ1) is 18.2. The van der Waals surface area contributed by atoms with Gasteiger partial charge in [-0.05, 0) is 68.4 Å². The molecule has 0 saturated heterocycles. The maximum atomic E-state index is 13.4. The summed E-state index contributed by atoms with van der Waals surface area (Å²) in [5.41, 5.74) is -3.57. The summed E-state index contributed by atoms with van der Waals surface area (Å²) in [5.74, 6) is 0.327. The number of halogens is 7. The number of nitriles is 1. The number of nitrogens with zero attached hydrogens (tertiary/aromatic N) is 1. The van der Waals surface area contributed by atoms with Gasteiger partial charge in [-0.1, -0.05) is 30.3 Å². The highest BCUT2D eigenvalue weighted by molar-refractivity contribution is 6.17. The van der Waals surface area contributed by atoms with Crippen molar-refractivity contribution in [2.75, 3.05) is 12.5 Å². The van der Waals surface area contributed by atoms with Crippen molar-refractivity contribution in [3.63, 3.8) is 0 Å². The lowest BCUT2D eigenvalue weighted by atomic mass is 9.60. The van der Waals surface area contributed by atoms with Gasteiger partial charge in [-0.15, -0.1) is 11.6 Å². The first kappa shape index (κ1) is 31.0. The van der Waals surface area contributed by atoms with E-state index in [1.165, 1.54) is 6.92 Å². The van der Waals surface area contributed by atoms with Crippen LogP contribution < -0.4 is 0 Å². The fourth-order valence-corrected chi connectivity index (χ4v) is 5.30. The topological polar surface area (TPSA) is 50.1 Å². The average Bonchev–Trinajstić information content (AvgIpc) is 2.90. The number of ether oxygens (including phenoxy) is 1. The van der Waals surface area contributed by atoms with Crippen molar-refractivity contribution < 1.29 is 35.9 Å². The maximum Gasteiger partial charge on any atom is 0.416 e. The van der Waals surface area contributed by atoms with Crippen molar-refractivity contribution in [1.82, 2.24) is 0 Å². The number of hydrogen-bond acceptors (Lipinski definition) is 3. The summed E-state index contributed by atoms with van der Waals surface area (Å²) < 4.78 is 86.2. The van der Waals surface area contributed by atoms with Crippen LogP contribution in [0.15, 0.2) is 48.5 Å². The van der Waals surface area contributed by atoms with E-state index in [-0.39, 0.29) is 30.4 Å². The highest BCUT2D eigenvalue weighted by atomic mass is 35.5. The number of hydrogen-bond donors (Lipinski definition) is 0. The summed E-state index contributed by atoms with van der Waals surface area (Å²) in [7, 11) is 0. The Hall–Kier alpha value is -2.57.